The first-order valence-corrected chi connectivity index (χ1v) is 12.0. The molecule has 1 aromatic carbocycles. The molecular formula is C25H31NO4S. The third kappa shape index (κ3) is 4.36. The van der Waals surface area contributed by atoms with Crippen LogP contribution in [0.15, 0.2) is 35.7 Å². The van der Waals surface area contributed by atoms with Gasteiger partial charge in [0.1, 0.15) is 5.75 Å². The van der Waals surface area contributed by atoms with E-state index in [1.54, 1.807) is 12.1 Å². The lowest BCUT2D eigenvalue weighted by atomic mass is 9.44. The van der Waals surface area contributed by atoms with Crippen molar-refractivity contribution in [1.29, 1.82) is 0 Å². The van der Waals surface area contributed by atoms with E-state index in [1.165, 1.54) is 17.8 Å². The molecule has 1 heterocycles. The molecule has 2 aromatic rings. The second-order valence-corrected chi connectivity index (χ2v) is 10.6. The first-order valence-electron chi connectivity index (χ1n) is 11.1. The molecule has 2 bridgehead atoms. The van der Waals surface area contributed by atoms with Crippen LogP contribution in [0.1, 0.15) is 62.7 Å². The maximum atomic E-state index is 13.1. The summed E-state index contributed by atoms with van der Waals surface area (Å²) < 4.78 is 0.997. The lowest BCUT2D eigenvalue weighted by Gasteiger charge is -2.62. The van der Waals surface area contributed by atoms with Crippen molar-refractivity contribution < 1.29 is 19.8 Å². The Hall–Kier alpha value is -2.34. The molecule has 0 radical (unpaired) electrons. The number of carbonyl (C=O) groups excluding carboxylic acids is 1. The summed E-state index contributed by atoms with van der Waals surface area (Å²) in [7, 11) is 0. The van der Waals surface area contributed by atoms with Gasteiger partial charge in [-0.3, -0.25) is 9.59 Å². The first-order chi connectivity index (χ1) is 14.8. The van der Waals surface area contributed by atoms with Crippen molar-refractivity contribution in [2.45, 2.75) is 58.4 Å². The number of phenolic OH excluding ortho intramolecular Hbond substituents is 1. The lowest BCUT2D eigenvalue weighted by Crippen LogP contribution is -2.61. The minimum absolute atomic E-state index is 0.0589. The molecule has 5 nitrogen and oxygen atoms in total. The Labute approximate surface area is 187 Å². The third-order valence-corrected chi connectivity index (χ3v) is 8.54. The quantitative estimate of drug-likeness (QED) is 0.368. The van der Waals surface area contributed by atoms with Crippen molar-refractivity contribution in [3.05, 3.63) is 41.3 Å². The number of aromatic hydroxyl groups is 1. The van der Waals surface area contributed by atoms with Gasteiger partial charge in [-0.05, 0) is 73.5 Å². The van der Waals surface area contributed by atoms with Gasteiger partial charge in [0.2, 0.25) is 0 Å². The van der Waals surface area contributed by atoms with Crippen LogP contribution in [0.25, 0.3) is 10.1 Å². The van der Waals surface area contributed by atoms with E-state index in [0.717, 1.165) is 29.3 Å². The number of hydrogen-bond acceptors (Lipinski definition) is 4. The summed E-state index contributed by atoms with van der Waals surface area (Å²) in [6, 6.07) is 5.30. The molecule has 0 unspecified atom stereocenters. The Morgan fingerprint density at radius 2 is 2.06 bits per heavy atom. The highest BCUT2D eigenvalue weighted by atomic mass is 32.1. The molecule has 6 heteroatoms. The van der Waals surface area contributed by atoms with E-state index in [2.05, 4.69) is 31.3 Å². The third-order valence-electron chi connectivity index (χ3n) is 7.57. The Morgan fingerprint density at radius 3 is 2.81 bits per heavy atom. The van der Waals surface area contributed by atoms with E-state index < -0.39 is 5.97 Å². The van der Waals surface area contributed by atoms with Crippen LogP contribution in [0.2, 0.25) is 0 Å². The number of hydrogen-bond donors (Lipinski definition) is 3. The molecule has 31 heavy (non-hydrogen) atoms. The molecule has 0 aliphatic heterocycles. The van der Waals surface area contributed by atoms with Crippen molar-refractivity contribution in [1.82, 2.24) is 5.32 Å². The molecule has 166 valence electrons. The number of carboxylic acid groups (broad SMARTS) is 1. The van der Waals surface area contributed by atoms with Crippen molar-refractivity contribution >= 4 is 33.3 Å². The minimum atomic E-state index is -0.750. The van der Waals surface area contributed by atoms with E-state index >= 15 is 0 Å². The molecule has 1 aromatic heterocycles. The molecule has 5 rings (SSSR count). The Kier molecular flexibility index (Phi) is 6.11. The molecular weight excluding hydrogens is 410 g/mol. The van der Waals surface area contributed by atoms with Gasteiger partial charge < -0.3 is 15.5 Å². The number of unbranched alkanes of at least 4 members (excludes halogenated alkanes) is 1. The van der Waals surface area contributed by atoms with Crippen molar-refractivity contribution in [3.8, 4) is 5.75 Å². The number of aliphatic carboxylic acids is 1. The average molecular weight is 442 g/mol. The second-order valence-electron chi connectivity index (χ2n) is 9.66. The number of carboxylic acids is 1. The van der Waals surface area contributed by atoms with Gasteiger partial charge in [-0.15, -0.1) is 11.3 Å². The number of amides is 1. The fourth-order valence-electron chi connectivity index (χ4n) is 5.62. The molecule has 3 aliphatic carbocycles. The zero-order valence-corrected chi connectivity index (χ0v) is 19.0. The van der Waals surface area contributed by atoms with Crippen LogP contribution in [-0.2, 0) is 4.79 Å². The van der Waals surface area contributed by atoms with Gasteiger partial charge in [0, 0.05) is 27.9 Å². The molecule has 3 N–H and O–H groups in total. The van der Waals surface area contributed by atoms with E-state index in [4.69, 9.17) is 5.11 Å². The number of carbonyl (C=O) groups is 2. The van der Waals surface area contributed by atoms with Gasteiger partial charge in [-0.2, -0.15) is 0 Å². The van der Waals surface area contributed by atoms with Crippen LogP contribution in [0, 0.1) is 23.2 Å². The first kappa shape index (κ1) is 21.9. The summed E-state index contributed by atoms with van der Waals surface area (Å²) in [5.74, 6) is 0.978. The van der Waals surface area contributed by atoms with E-state index in [1.807, 2.05) is 11.4 Å². The number of nitrogens with one attached hydrogen (secondary N) is 1. The SMILES string of the molecule is CC1(C)[C@H]2C[C@@H]1[C@H](C/C=C\CCCC(=O)O)[C@H](NC(=O)c1csc3ccc(O)cc13)C2. The van der Waals surface area contributed by atoms with E-state index in [-0.39, 0.29) is 24.1 Å². The van der Waals surface area contributed by atoms with Gasteiger partial charge in [0.15, 0.2) is 0 Å². The monoisotopic (exact) mass is 441 g/mol. The predicted octanol–water partition coefficient (Wildman–Crippen LogP) is 5.59. The van der Waals surface area contributed by atoms with Gasteiger partial charge in [-0.25, -0.2) is 0 Å². The Morgan fingerprint density at radius 1 is 1.26 bits per heavy atom. The average Bonchev–Trinajstić information content (AvgIpc) is 3.13. The fourth-order valence-corrected chi connectivity index (χ4v) is 6.54. The maximum Gasteiger partial charge on any atom is 0.303 e. The number of fused-ring (bicyclic) bond motifs is 3. The zero-order chi connectivity index (χ0) is 22.2. The molecule has 0 saturated heterocycles. The molecule has 3 fully saturated rings. The van der Waals surface area contributed by atoms with Gasteiger partial charge in [0.25, 0.3) is 5.91 Å². The standard InChI is InChI=1S/C25H31NO4S/c1-25(2)15-11-20(25)17(7-5-3-4-6-8-23(28)29)21(12-15)26-24(30)19-14-31-22-10-9-16(27)13-18(19)22/h3,5,9-10,13-15,17,20-21,27H,4,6-8,11-12H2,1-2H3,(H,26,30)(H,28,29)/b5-3-/t15-,17-,20+,21+/m0/s1. The van der Waals surface area contributed by atoms with Crippen molar-refractivity contribution in [2.75, 3.05) is 0 Å². The van der Waals surface area contributed by atoms with Gasteiger partial charge in [0.05, 0.1) is 5.56 Å². The molecule has 3 aliphatic rings. The number of thiophene rings is 1. The highest BCUT2D eigenvalue weighted by molar-refractivity contribution is 7.17. The number of phenols is 1. The topological polar surface area (TPSA) is 86.6 Å². The molecule has 1 amide bonds. The van der Waals surface area contributed by atoms with Gasteiger partial charge in [-0.1, -0.05) is 26.0 Å². The van der Waals surface area contributed by atoms with E-state index in [9.17, 15) is 14.7 Å². The largest absolute Gasteiger partial charge is 0.508 e. The fraction of sp³-hybridized carbons (Fsp3) is 0.520. The highest BCUT2D eigenvalue weighted by Crippen LogP contribution is 2.62. The Balaban J connectivity index is 1.45. The lowest BCUT2D eigenvalue weighted by molar-refractivity contribution is -0.137. The van der Waals surface area contributed by atoms with Crippen molar-refractivity contribution in [3.63, 3.8) is 0 Å². The van der Waals surface area contributed by atoms with Crippen LogP contribution in [0.3, 0.4) is 0 Å². The summed E-state index contributed by atoms with van der Waals surface area (Å²) in [4.78, 5) is 23.8. The summed E-state index contributed by atoms with van der Waals surface area (Å²) in [6.07, 6.45) is 9.04. The molecule has 4 atom stereocenters. The van der Waals surface area contributed by atoms with Crippen molar-refractivity contribution in [2.24, 2.45) is 23.2 Å². The summed E-state index contributed by atoms with van der Waals surface area (Å²) >= 11 is 1.52. The highest BCUT2D eigenvalue weighted by Gasteiger charge is 2.57. The summed E-state index contributed by atoms with van der Waals surface area (Å²) in [5.41, 5.74) is 0.946. The van der Waals surface area contributed by atoms with Crippen LogP contribution in [-0.4, -0.2) is 28.1 Å². The van der Waals surface area contributed by atoms with Crippen LogP contribution in [0.5, 0.6) is 5.75 Å². The smallest absolute Gasteiger partial charge is 0.303 e. The molecule has 3 saturated carbocycles. The maximum absolute atomic E-state index is 13.1. The number of allylic oxidation sites excluding steroid dienone is 2. The van der Waals surface area contributed by atoms with E-state index in [0.29, 0.717) is 35.2 Å². The number of benzene rings is 1. The van der Waals surface area contributed by atoms with Crippen LogP contribution >= 0.6 is 11.3 Å². The van der Waals surface area contributed by atoms with Crippen LogP contribution in [0.4, 0.5) is 0 Å². The van der Waals surface area contributed by atoms with Gasteiger partial charge >= 0.3 is 5.97 Å². The second kappa shape index (κ2) is 8.65. The predicted molar refractivity (Wildman–Crippen MR) is 123 cm³/mol. The minimum Gasteiger partial charge on any atom is -0.508 e. The summed E-state index contributed by atoms with van der Waals surface area (Å²) in [6.45, 7) is 4.70. The Bertz CT molecular complexity index is 1010. The normalized spacial score (nSPS) is 26.6. The van der Waals surface area contributed by atoms with Crippen LogP contribution < -0.4 is 5.32 Å². The molecule has 0 spiro atoms. The zero-order valence-electron chi connectivity index (χ0n) is 18.1. The summed E-state index contributed by atoms with van der Waals surface area (Å²) in [5, 5.41) is 24.6. The number of rotatable bonds is 8.